The Morgan fingerprint density at radius 1 is 1.21 bits per heavy atom. The van der Waals surface area contributed by atoms with Crippen molar-refractivity contribution in [2.75, 3.05) is 6.54 Å². The molecule has 8 heteroatoms. The SMILES string of the molecule is CC(O)Cc1cc(S(=O)(=O)c2ccccc2)cc2c3c(oc12)CCN(C(=O)O)C3. The molecular formula is C21H21NO6S. The minimum Gasteiger partial charge on any atom is -0.465 e. The summed E-state index contributed by atoms with van der Waals surface area (Å²) in [6.07, 6.45) is -1.07. The van der Waals surface area contributed by atoms with Crippen molar-refractivity contribution in [1.82, 2.24) is 4.90 Å². The molecule has 0 saturated carbocycles. The van der Waals surface area contributed by atoms with Crippen LogP contribution in [-0.4, -0.2) is 42.3 Å². The van der Waals surface area contributed by atoms with Gasteiger partial charge in [0.05, 0.1) is 22.4 Å². The molecular weight excluding hydrogens is 394 g/mol. The van der Waals surface area contributed by atoms with Gasteiger partial charge in [0.1, 0.15) is 11.3 Å². The van der Waals surface area contributed by atoms with E-state index >= 15 is 0 Å². The lowest BCUT2D eigenvalue weighted by molar-refractivity contribution is 0.138. The van der Waals surface area contributed by atoms with Crippen molar-refractivity contribution in [2.24, 2.45) is 0 Å². The van der Waals surface area contributed by atoms with Crippen molar-refractivity contribution in [3.05, 3.63) is 59.4 Å². The molecule has 3 aromatic rings. The van der Waals surface area contributed by atoms with Crippen molar-refractivity contribution in [3.8, 4) is 0 Å². The molecule has 1 amide bonds. The van der Waals surface area contributed by atoms with Gasteiger partial charge in [0.15, 0.2) is 0 Å². The van der Waals surface area contributed by atoms with Crippen LogP contribution in [0, 0.1) is 0 Å². The predicted molar refractivity (Wildman–Crippen MR) is 106 cm³/mol. The number of amides is 1. The largest absolute Gasteiger partial charge is 0.465 e. The lowest BCUT2D eigenvalue weighted by Crippen LogP contribution is -2.34. The number of carbonyl (C=O) groups is 1. The molecule has 7 nitrogen and oxygen atoms in total. The smallest absolute Gasteiger partial charge is 0.407 e. The van der Waals surface area contributed by atoms with Gasteiger partial charge < -0.3 is 19.5 Å². The number of nitrogens with zero attached hydrogens (tertiary/aromatic N) is 1. The Hall–Kier alpha value is -2.84. The third-order valence-corrected chi connectivity index (χ3v) is 6.88. The van der Waals surface area contributed by atoms with Gasteiger partial charge in [-0.2, -0.15) is 0 Å². The summed E-state index contributed by atoms with van der Waals surface area (Å²) in [6.45, 7) is 2.09. The second-order valence-corrected chi connectivity index (χ2v) is 9.24. The van der Waals surface area contributed by atoms with Gasteiger partial charge in [-0.3, -0.25) is 0 Å². The van der Waals surface area contributed by atoms with Gasteiger partial charge in [0.2, 0.25) is 9.84 Å². The van der Waals surface area contributed by atoms with Crippen molar-refractivity contribution in [2.45, 2.75) is 42.2 Å². The van der Waals surface area contributed by atoms with Gasteiger partial charge in [-0.25, -0.2) is 13.2 Å². The summed E-state index contributed by atoms with van der Waals surface area (Å²) in [4.78, 5) is 13.0. The van der Waals surface area contributed by atoms with E-state index in [9.17, 15) is 23.4 Å². The van der Waals surface area contributed by atoms with E-state index in [2.05, 4.69) is 0 Å². The van der Waals surface area contributed by atoms with E-state index in [1.807, 2.05) is 0 Å². The van der Waals surface area contributed by atoms with E-state index in [-0.39, 0.29) is 22.8 Å². The molecule has 0 fully saturated rings. The highest BCUT2D eigenvalue weighted by Crippen LogP contribution is 2.36. The van der Waals surface area contributed by atoms with Crippen molar-refractivity contribution in [3.63, 3.8) is 0 Å². The zero-order valence-electron chi connectivity index (χ0n) is 15.8. The number of fused-ring (bicyclic) bond motifs is 3. The fourth-order valence-electron chi connectivity index (χ4n) is 3.75. The van der Waals surface area contributed by atoms with Crippen LogP contribution in [0.4, 0.5) is 4.79 Å². The summed E-state index contributed by atoms with van der Waals surface area (Å²) in [7, 11) is -3.78. The zero-order valence-corrected chi connectivity index (χ0v) is 16.6. The van der Waals surface area contributed by atoms with Crippen LogP contribution in [0.15, 0.2) is 56.7 Å². The van der Waals surface area contributed by atoms with Crippen LogP contribution in [-0.2, 0) is 29.2 Å². The zero-order chi connectivity index (χ0) is 20.8. The quantitative estimate of drug-likeness (QED) is 0.677. The molecule has 1 aliphatic heterocycles. The number of aliphatic hydroxyl groups excluding tert-OH is 1. The standard InChI is InChI=1S/C21H21NO6S/c1-13(23)9-14-10-16(29(26,27)15-5-3-2-4-6-15)11-17-18-12-22(21(24)25)8-7-19(18)28-20(14)17/h2-6,10-11,13,23H,7-9,12H2,1H3,(H,24,25). The minimum atomic E-state index is -3.78. The summed E-state index contributed by atoms with van der Waals surface area (Å²) in [6, 6.07) is 11.2. The van der Waals surface area contributed by atoms with Gasteiger partial charge in [-0.1, -0.05) is 18.2 Å². The number of carboxylic acid groups (broad SMARTS) is 1. The molecule has 0 bridgehead atoms. The van der Waals surface area contributed by atoms with E-state index in [0.29, 0.717) is 40.8 Å². The molecule has 1 aromatic heterocycles. The van der Waals surface area contributed by atoms with Crippen LogP contribution in [0.2, 0.25) is 0 Å². The normalized spacial score (nSPS) is 15.3. The Kier molecular flexibility index (Phi) is 4.84. The van der Waals surface area contributed by atoms with Gasteiger partial charge >= 0.3 is 6.09 Å². The topological polar surface area (TPSA) is 108 Å². The molecule has 1 unspecified atom stereocenters. The first-order valence-corrected chi connectivity index (χ1v) is 10.8. The van der Waals surface area contributed by atoms with Gasteiger partial charge in [0.25, 0.3) is 0 Å². The molecule has 29 heavy (non-hydrogen) atoms. The monoisotopic (exact) mass is 415 g/mol. The van der Waals surface area contributed by atoms with Crippen LogP contribution >= 0.6 is 0 Å². The van der Waals surface area contributed by atoms with E-state index in [4.69, 9.17) is 4.42 Å². The molecule has 1 aliphatic rings. The minimum absolute atomic E-state index is 0.0999. The second kappa shape index (κ2) is 7.20. The maximum absolute atomic E-state index is 13.2. The van der Waals surface area contributed by atoms with Crippen LogP contribution < -0.4 is 0 Å². The highest BCUT2D eigenvalue weighted by atomic mass is 32.2. The third kappa shape index (κ3) is 3.49. The van der Waals surface area contributed by atoms with E-state index in [0.717, 1.165) is 0 Å². The van der Waals surface area contributed by atoms with Crippen LogP contribution in [0.3, 0.4) is 0 Å². The molecule has 4 rings (SSSR count). The van der Waals surface area contributed by atoms with E-state index < -0.39 is 22.0 Å². The first-order valence-electron chi connectivity index (χ1n) is 9.30. The lowest BCUT2D eigenvalue weighted by atomic mass is 10.0. The molecule has 152 valence electrons. The fraction of sp³-hybridized carbons (Fsp3) is 0.286. The Morgan fingerprint density at radius 3 is 2.59 bits per heavy atom. The Labute approximate surface area is 168 Å². The molecule has 0 aliphatic carbocycles. The number of rotatable bonds is 4. The first-order chi connectivity index (χ1) is 13.8. The molecule has 1 atom stereocenters. The van der Waals surface area contributed by atoms with Crippen molar-refractivity contribution in [1.29, 1.82) is 0 Å². The molecule has 0 saturated heterocycles. The van der Waals surface area contributed by atoms with Crippen LogP contribution in [0.1, 0.15) is 23.8 Å². The highest BCUT2D eigenvalue weighted by Gasteiger charge is 2.28. The molecule has 0 radical (unpaired) electrons. The summed E-state index contributed by atoms with van der Waals surface area (Å²) >= 11 is 0. The number of furan rings is 1. The Balaban J connectivity index is 1.93. The Bertz CT molecular complexity index is 1180. The van der Waals surface area contributed by atoms with Crippen molar-refractivity contribution < 1.29 is 27.8 Å². The van der Waals surface area contributed by atoms with Gasteiger partial charge in [0, 0.05) is 30.3 Å². The number of aliphatic hydroxyl groups is 1. The fourth-order valence-corrected chi connectivity index (χ4v) is 5.10. The first kappa shape index (κ1) is 19.5. The molecule has 2 N–H and O–H groups in total. The van der Waals surface area contributed by atoms with Gasteiger partial charge in [-0.15, -0.1) is 0 Å². The van der Waals surface area contributed by atoms with Crippen LogP contribution in [0.25, 0.3) is 11.0 Å². The molecule has 2 aromatic carbocycles. The maximum Gasteiger partial charge on any atom is 0.407 e. The predicted octanol–water partition coefficient (Wildman–Crippen LogP) is 3.23. The summed E-state index contributed by atoms with van der Waals surface area (Å²) in [5.41, 5.74) is 1.78. The molecule has 2 heterocycles. The maximum atomic E-state index is 13.2. The number of hydrogen-bond acceptors (Lipinski definition) is 5. The third-order valence-electron chi connectivity index (χ3n) is 5.13. The number of hydrogen-bond donors (Lipinski definition) is 2. The summed E-state index contributed by atoms with van der Waals surface area (Å²) in [5, 5.41) is 19.8. The lowest BCUT2D eigenvalue weighted by Gasteiger charge is -2.23. The van der Waals surface area contributed by atoms with Gasteiger partial charge in [-0.05, 0) is 36.8 Å². The van der Waals surface area contributed by atoms with E-state index in [1.54, 1.807) is 37.3 Å². The van der Waals surface area contributed by atoms with Crippen molar-refractivity contribution >= 4 is 26.9 Å². The summed E-state index contributed by atoms with van der Waals surface area (Å²) in [5.74, 6) is 0.665. The average molecular weight is 415 g/mol. The number of benzene rings is 2. The number of sulfone groups is 1. The molecule has 0 spiro atoms. The highest BCUT2D eigenvalue weighted by molar-refractivity contribution is 7.91. The summed E-state index contributed by atoms with van der Waals surface area (Å²) < 4.78 is 32.4. The Morgan fingerprint density at radius 2 is 1.93 bits per heavy atom. The van der Waals surface area contributed by atoms with E-state index in [1.165, 1.54) is 17.0 Å². The second-order valence-electron chi connectivity index (χ2n) is 7.29. The average Bonchev–Trinajstić information content (AvgIpc) is 3.06. The van der Waals surface area contributed by atoms with Crippen LogP contribution in [0.5, 0.6) is 0 Å².